The number of pyridine rings is 1. The number of aromatic nitrogens is 1. The number of halogens is 1. The molecule has 1 aromatic heterocycles. The molecule has 7 nitrogen and oxygen atoms in total. The van der Waals surface area contributed by atoms with Crippen molar-refractivity contribution in [3.8, 4) is 0 Å². The highest BCUT2D eigenvalue weighted by Crippen LogP contribution is 2.25. The number of rotatable bonds is 7. The number of ether oxygens (including phenoxy) is 1. The Labute approximate surface area is 186 Å². The van der Waals surface area contributed by atoms with Crippen LogP contribution in [-0.2, 0) is 11.3 Å². The Hall–Kier alpha value is -3.65. The second kappa shape index (κ2) is 9.65. The summed E-state index contributed by atoms with van der Waals surface area (Å²) in [6, 6.07) is 14.7. The summed E-state index contributed by atoms with van der Waals surface area (Å²) >= 11 is 0. The van der Waals surface area contributed by atoms with Gasteiger partial charge in [-0.3, -0.25) is 4.79 Å². The Bertz CT molecular complexity index is 1100. The van der Waals surface area contributed by atoms with Crippen LogP contribution in [0.4, 0.5) is 27.3 Å². The zero-order chi connectivity index (χ0) is 22.5. The van der Waals surface area contributed by atoms with Gasteiger partial charge in [0, 0.05) is 43.3 Å². The van der Waals surface area contributed by atoms with Crippen LogP contribution in [0.1, 0.15) is 21.5 Å². The first kappa shape index (κ1) is 21.6. The van der Waals surface area contributed by atoms with Gasteiger partial charge in [0.25, 0.3) is 5.91 Å². The summed E-state index contributed by atoms with van der Waals surface area (Å²) in [4.78, 5) is 18.5. The first-order valence-corrected chi connectivity index (χ1v) is 10.5. The van der Waals surface area contributed by atoms with Crippen LogP contribution in [0.2, 0.25) is 0 Å². The summed E-state index contributed by atoms with van der Waals surface area (Å²) in [5.41, 5.74) is 9.69. The van der Waals surface area contributed by atoms with Crippen LogP contribution in [-0.4, -0.2) is 37.2 Å². The van der Waals surface area contributed by atoms with Gasteiger partial charge >= 0.3 is 0 Å². The predicted molar refractivity (Wildman–Crippen MR) is 124 cm³/mol. The monoisotopic (exact) mass is 435 g/mol. The van der Waals surface area contributed by atoms with Gasteiger partial charge in [0.2, 0.25) is 0 Å². The van der Waals surface area contributed by atoms with Crippen molar-refractivity contribution in [2.45, 2.75) is 13.5 Å². The fourth-order valence-electron chi connectivity index (χ4n) is 3.63. The maximum absolute atomic E-state index is 13.8. The van der Waals surface area contributed by atoms with Crippen LogP contribution in [0.5, 0.6) is 0 Å². The van der Waals surface area contributed by atoms with Crippen molar-refractivity contribution < 1.29 is 13.9 Å². The van der Waals surface area contributed by atoms with Gasteiger partial charge in [0.15, 0.2) is 0 Å². The average Bonchev–Trinajstić information content (AvgIpc) is 2.81. The van der Waals surface area contributed by atoms with Gasteiger partial charge in [-0.25, -0.2) is 9.37 Å². The van der Waals surface area contributed by atoms with E-state index in [-0.39, 0.29) is 11.4 Å². The molecule has 0 bridgehead atoms. The van der Waals surface area contributed by atoms with Crippen LogP contribution >= 0.6 is 0 Å². The van der Waals surface area contributed by atoms with Gasteiger partial charge in [-0.05, 0) is 48.4 Å². The average molecular weight is 436 g/mol. The SMILES string of the molecule is Cc1c(F)cccc1CNc1cc(Nc2ccc(N3CCOCC3)cc2)ncc1C(N)=O. The molecule has 1 aliphatic heterocycles. The molecular weight excluding hydrogens is 409 g/mol. The summed E-state index contributed by atoms with van der Waals surface area (Å²) in [6.07, 6.45) is 1.44. The lowest BCUT2D eigenvalue weighted by atomic mass is 10.1. The standard InChI is InChI=1S/C24H26FN5O2/c1-16-17(3-2-4-21(16)25)14-27-22-13-23(28-15-20(22)24(26)31)29-18-5-7-19(8-6-18)30-9-11-32-12-10-30/h2-8,13,15H,9-12,14H2,1H3,(H2,26,31)(H2,27,28,29). The van der Waals surface area contributed by atoms with Crippen molar-refractivity contribution in [1.82, 2.24) is 4.98 Å². The predicted octanol–water partition coefficient (Wildman–Crippen LogP) is 3.82. The number of nitrogens with zero attached hydrogens (tertiary/aromatic N) is 2. The van der Waals surface area contributed by atoms with E-state index in [0.29, 0.717) is 23.6 Å². The number of hydrogen-bond donors (Lipinski definition) is 3. The smallest absolute Gasteiger partial charge is 0.252 e. The van der Waals surface area contributed by atoms with Crippen molar-refractivity contribution in [1.29, 1.82) is 0 Å². The third kappa shape index (κ3) is 4.97. The summed E-state index contributed by atoms with van der Waals surface area (Å²) in [6.45, 7) is 5.30. The highest BCUT2D eigenvalue weighted by Gasteiger charge is 2.13. The molecule has 2 aromatic carbocycles. The van der Waals surface area contributed by atoms with Gasteiger partial charge < -0.3 is 26.0 Å². The topological polar surface area (TPSA) is 92.5 Å². The fourth-order valence-corrected chi connectivity index (χ4v) is 3.63. The number of benzene rings is 2. The summed E-state index contributed by atoms with van der Waals surface area (Å²) in [5.74, 6) is -0.290. The number of carbonyl (C=O) groups is 1. The van der Waals surface area contributed by atoms with Crippen LogP contribution in [0, 0.1) is 12.7 Å². The molecule has 32 heavy (non-hydrogen) atoms. The highest BCUT2D eigenvalue weighted by atomic mass is 19.1. The minimum Gasteiger partial charge on any atom is -0.380 e. The Balaban J connectivity index is 1.49. The number of primary amides is 1. The molecule has 166 valence electrons. The van der Waals surface area contributed by atoms with Crippen molar-refractivity contribution in [3.63, 3.8) is 0 Å². The number of amides is 1. The maximum Gasteiger partial charge on any atom is 0.252 e. The largest absolute Gasteiger partial charge is 0.380 e. The normalized spacial score (nSPS) is 13.6. The third-order valence-electron chi connectivity index (χ3n) is 5.53. The zero-order valence-corrected chi connectivity index (χ0v) is 17.9. The molecular formula is C24H26FN5O2. The van der Waals surface area contributed by atoms with E-state index in [9.17, 15) is 9.18 Å². The van der Waals surface area contributed by atoms with Crippen LogP contribution in [0.25, 0.3) is 0 Å². The molecule has 4 N–H and O–H groups in total. The second-order valence-corrected chi connectivity index (χ2v) is 7.63. The van der Waals surface area contributed by atoms with Crippen molar-refractivity contribution in [2.24, 2.45) is 5.73 Å². The molecule has 1 aliphatic rings. The molecule has 1 amide bonds. The quantitative estimate of drug-likeness (QED) is 0.523. The van der Waals surface area contributed by atoms with Gasteiger partial charge in [-0.15, -0.1) is 0 Å². The number of nitrogens with two attached hydrogens (primary N) is 1. The number of morpholine rings is 1. The van der Waals surface area contributed by atoms with Gasteiger partial charge in [0.05, 0.1) is 24.5 Å². The first-order valence-electron chi connectivity index (χ1n) is 10.5. The minimum absolute atomic E-state index is 0.267. The second-order valence-electron chi connectivity index (χ2n) is 7.63. The highest BCUT2D eigenvalue weighted by molar-refractivity contribution is 5.98. The molecule has 0 radical (unpaired) electrons. The van der Waals surface area contributed by atoms with Crippen molar-refractivity contribution in [3.05, 3.63) is 77.2 Å². The number of hydrogen-bond acceptors (Lipinski definition) is 6. The molecule has 1 fully saturated rings. The Morgan fingerprint density at radius 2 is 1.94 bits per heavy atom. The fraction of sp³-hybridized carbons (Fsp3) is 0.250. The molecule has 1 saturated heterocycles. The molecule has 0 aliphatic carbocycles. The molecule has 8 heteroatoms. The lowest BCUT2D eigenvalue weighted by Gasteiger charge is -2.28. The van der Waals surface area contributed by atoms with E-state index in [1.165, 1.54) is 12.3 Å². The number of anilines is 4. The summed E-state index contributed by atoms with van der Waals surface area (Å²) < 4.78 is 19.2. The van der Waals surface area contributed by atoms with E-state index in [2.05, 4.69) is 32.7 Å². The lowest BCUT2D eigenvalue weighted by Crippen LogP contribution is -2.36. The van der Waals surface area contributed by atoms with Crippen LogP contribution < -0.4 is 21.3 Å². The maximum atomic E-state index is 13.8. The summed E-state index contributed by atoms with van der Waals surface area (Å²) in [5, 5.41) is 6.44. The molecule has 2 heterocycles. The van der Waals surface area contributed by atoms with E-state index >= 15 is 0 Å². The Kier molecular flexibility index (Phi) is 6.51. The molecule has 0 spiro atoms. The number of nitrogens with one attached hydrogen (secondary N) is 2. The zero-order valence-electron chi connectivity index (χ0n) is 17.9. The molecule has 0 saturated carbocycles. The van der Waals surface area contributed by atoms with Crippen molar-refractivity contribution >= 4 is 28.8 Å². The van der Waals surface area contributed by atoms with E-state index in [0.717, 1.165) is 43.2 Å². The summed E-state index contributed by atoms with van der Waals surface area (Å²) in [7, 11) is 0. The molecule has 4 rings (SSSR count). The van der Waals surface area contributed by atoms with E-state index in [1.54, 1.807) is 19.1 Å². The van der Waals surface area contributed by atoms with Gasteiger partial charge in [-0.1, -0.05) is 12.1 Å². The van der Waals surface area contributed by atoms with Crippen LogP contribution in [0.15, 0.2) is 54.7 Å². The first-order chi connectivity index (χ1) is 15.5. The molecule has 3 aromatic rings. The van der Waals surface area contributed by atoms with Gasteiger partial charge in [-0.2, -0.15) is 0 Å². The van der Waals surface area contributed by atoms with Crippen molar-refractivity contribution in [2.75, 3.05) is 41.8 Å². The van der Waals surface area contributed by atoms with Crippen LogP contribution in [0.3, 0.4) is 0 Å². The lowest BCUT2D eigenvalue weighted by molar-refractivity contribution is 0.100. The van der Waals surface area contributed by atoms with E-state index in [1.807, 2.05) is 18.2 Å². The van der Waals surface area contributed by atoms with E-state index in [4.69, 9.17) is 10.5 Å². The minimum atomic E-state index is -0.586. The number of carbonyl (C=O) groups excluding carboxylic acids is 1. The van der Waals surface area contributed by atoms with Gasteiger partial charge in [0.1, 0.15) is 11.6 Å². The van der Waals surface area contributed by atoms with E-state index < -0.39 is 5.91 Å². The third-order valence-corrected chi connectivity index (χ3v) is 5.53. The molecule has 0 unspecified atom stereocenters. The molecule has 0 atom stereocenters. The Morgan fingerprint density at radius 3 is 2.66 bits per heavy atom. The Morgan fingerprint density at radius 1 is 1.19 bits per heavy atom.